The molecular formula is C19H24N2O2S. The molecule has 2 aliphatic rings. The van der Waals surface area contributed by atoms with Crippen molar-refractivity contribution in [3.8, 4) is 0 Å². The average Bonchev–Trinajstić information content (AvgIpc) is 3.21. The van der Waals surface area contributed by atoms with E-state index in [0.29, 0.717) is 12.6 Å². The number of nitrogens with zero attached hydrogens (tertiary/aromatic N) is 2. The van der Waals surface area contributed by atoms with Crippen LogP contribution < -0.4 is 0 Å². The van der Waals surface area contributed by atoms with E-state index in [2.05, 4.69) is 28.3 Å². The second-order valence-electron chi connectivity index (χ2n) is 6.68. The lowest BCUT2D eigenvalue weighted by molar-refractivity contribution is -0.118. The van der Waals surface area contributed by atoms with Crippen molar-refractivity contribution in [2.45, 2.75) is 51.2 Å². The molecule has 0 spiro atoms. The first-order chi connectivity index (χ1) is 11.8. The number of aryl methyl sites for hydroxylation is 1. The van der Waals surface area contributed by atoms with Crippen molar-refractivity contribution >= 4 is 11.3 Å². The Morgan fingerprint density at radius 1 is 1.29 bits per heavy atom. The number of aromatic nitrogens is 1. The zero-order valence-electron chi connectivity index (χ0n) is 14.1. The van der Waals surface area contributed by atoms with E-state index in [9.17, 15) is 0 Å². The normalized spacial score (nSPS) is 27.3. The molecule has 0 unspecified atom stereocenters. The third-order valence-electron chi connectivity index (χ3n) is 5.18. The predicted octanol–water partition coefficient (Wildman–Crippen LogP) is 3.40. The van der Waals surface area contributed by atoms with Crippen LogP contribution in [0.5, 0.6) is 0 Å². The van der Waals surface area contributed by atoms with Crippen molar-refractivity contribution in [3.05, 3.63) is 52.0 Å². The van der Waals surface area contributed by atoms with Gasteiger partial charge in [0.2, 0.25) is 0 Å². The molecule has 128 valence electrons. The molecule has 0 radical (unpaired) electrons. The summed E-state index contributed by atoms with van der Waals surface area (Å²) in [5.41, 5.74) is 2.59. The number of morpholine rings is 1. The zero-order valence-corrected chi connectivity index (χ0v) is 14.9. The minimum atomic E-state index is 0.204. The summed E-state index contributed by atoms with van der Waals surface area (Å²) >= 11 is 1.87. The number of ether oxygens (including phenoxy) is 2. The fraction of sp³-hybridized carbons (Fsp3) is 0.526. The van der Waals surface area contributed by atoms with Gasteiger partial charge in [0.05, 0.1) is 25.4 Å². The van der Waals surface area contributed by atoms with Crippen molar-refractivity contribution in [2.24, 2.45) is 0 Å². The van der Waals surface area contributed by atoms with Gasteiger partial charge in [-0.05, 0) is 54.5 Å². The van der Waals surface area contributed by atoms with Gasteiger partial charge in [-0.2, -0.15) is 0 Å². The van der Waals surface area contributed by atoms with Crippen LogP contribution in [-0.4, -0.2) is 41.3 Å². The van der Waals surface area contributed by atoms with Crippen LogP contribution in [0.4, 0.5) is 0 Å². The summed E-state index contributed by atoms with van der Waals surface area (Å²) in [4.78, 5) is 8.14. The Bertz CT molecular complexity index is 660. The smallest absolute Gasteiger partial charge is 0.0992 e. The van der Waals surface area contributed by atoms with Crippen LogP contribution in [0.1, 0.15) is 28.8 Å². The molecule has 1 aliphatic carbocycles. The highest BCUT2D eigenvalue weighted by Gasteiger charge is 2.43. The largest absolute Gasteiger partial charge is 0.373 e. The third kappa shape index (κ3) is 3.40. The summed E-state index contributed by atoms with van der Waals surface area (Å²) in [5.74, 6) is 0. The first-order valence-electron chi connectivity index (χ1n) is 8.70. The molecule has 0 amide bonds. The maximum Gasteiger partial charge on any atom is 0.0992 e. The van der Waals surface area contributed by atoms with Crippen molar-refractivity contribution < 1.29 is 9.47 Å². The molecule has 2 fully saturated rings. The standard InChI is InChI=1S/C19H24N2O2S/c1-14-6-11-24-18(14)12-21-9-10-22-19-16(21)2-3-17(19)23-13-15-4-7-20-8-5-15/h4-8,11,16-17,19H,2-3,9-10,12-13H2,1H3/t16-,17+,19+/m0/s1. The quantitative estimate of drug-likeness (QED) is 0.833. The van der Waals surface area contributed by atoms with E-state index in [0.717, 1.165) is 32.5 Å². The summed E-state index contributed by atoms with van der Waals surface area (Å²) in [6, 6.07) is 6.73. The monoisotopic (exact) mass is 344 g/mol. The van der Waals surface area contributed by atoms with Crippen LogP contribution in [0, 0.1) is 6.92 Å². The van der Waals surface area contributed by atoms with E-state index >= 15 is 0 Å². The topological polar surface area (TPSA) is 34.6 Å². The lowest BCUT2D eigenvalue weighted by Gasteiger charge is -2.39. The Balaban J connectivity index is 1.38. The molecule has 5 heteroatoms. The molecule has 2 aromatic heterocycles. The SMILES string of the molecule is Cc1ccsc1CN1CCO[C@H]2[C@H](OCc3ccncc3)CC[C@@H]21. The number of rotatable bonds is 5. The molecule has 1 saturated carbocycles. The Kier molecular flexibility index (Phi) is 4.94. The fourth-order valence-corrected chi connectivity index (χ4v) is 4.73. The molecule has 0 aromatic carbocycles. The Morgan fingerprint density at radius 2 is 2.17 bits per heavy atom. The highest BCUT2D eigenvalue weighted by atomic mass is 32.1. The van der Waals surface area contributed by atoms with Gasteiger partial charge in [0.25, 0.3) is 0 Å². The second kappa shape index (κ2) is 7.31. The predicted molar refractivity (Wildman–Crippen MR) is 95.0 cm³/mol. The van der Waals surface area contributed by atoms with E-state index < -0.39 is 0 Å². The van der Waals surface area contributed by atoms with Crippen molar-refractivity contribution in [1.29, 1.82) is 0 Å². The number of hydrogen-bond donors (Lipinski definition) is 0. The number of pyridine rings is 1. The van der Waals surface area contributed by atoms with Crippen molar-refractivity contribution in [3.63, 3.8) is 0 Å². The molecule has 3 heterocycles. The summed E-state index contributed by atoms with van der Waals surface area (Å²) in [5, 5.41) is 2.19. The maximum atomic E-state index is 6.19. The summed E-state index contributed by atoms with van der Waals surface area (Å²) in [6.45, 7) is 5.73. The van der Waals surface area contributed by atoms with Gasteiger partial charge in [-0.25, -0.2) is 0 Å². The second-order valence-corrected chi connectivity index (χ2v) is 7.68. The molecule has 4 rings (SSSR count). The Morgan fingerprint density at radius 3 is 2.96 bits per heavy atom. The Hall–Kier alpha value is -1.27. The first-order valence-corrected chi connectivity index (χ1v) is 9.58. The van der Waals surface area contributed by atoms with Crippen LogP contribution in [0.3, 0.4) is 0 Å². The van der Waals surface area contributed by atoms with Crippen LogP contribution >= 0.6 is 11.3 Å². The van der Waals surface area contributed by atoms with Crippen LogP contribution in [0.25, 0.3) is 0 Å². The van der Waals surface area contributed by atoms with E-state index in [1.54, 1.807) is 0 Å². The number of thiophene rings is 1. The molecule has 0 N–H and O–H groups in total. The Labute approximate surface area is 147 Å². The van der Waals surface area contributed by atoms with Gasteiger partial charge in [-0.15, -0.1) is 11.3 Å². The van der Waals surface area contributed by atoms with Gasteiger partial charge in [0.15, 0.2) is 0 Å². The highest BCUT2D eigenvalue weighted by Crippen LogP contribution is 2.34. The molecule has 24 heavy (non-hydrogen) atoms. The molecule has 3 atom stereocenters. The average molecular weight is 344 g/mol. The summed E-state index contributed by atoms with van der Waals surface area (Å²) < 4.78 is 12.3. The minimum Gasteiger partial charge on any atom is -0.373 e. The van der Waals surface area contributed by atoms with Gasteiger partial charge in [0, 0.05) is 36.4 Å². The van der Waals surface area contributed by atoms with Crippen molar-refractivity contribution in [2.75, 3.05) is 13.2 Å². The van der Waals surface area contributed by atoms with E-state index in [4.69, 9.17) is 9.47 Å². The third-order valence-corrected chi connectivity index (χ3v) is 6.19. The lowest BCUT2D eigenvalue weighted by atomic mass is 10.1. The number of fused-ring (bicyclic) bond motifs is 1. The van der Waals surface area contributed by atoms with Crippen molar-refractivity contribution in [1.82, 2.24) is 9.88 Å². The summed E-state index contributed by atoms with van der Waals surface area (Å²) in [6.07, 6.45) is 6.30. The maximum absolute atomic E-state index is 6.19. The van der Waals surface area contributed by atoms with E-state index in [1.807, 2.05) is 35.9 Å². The van der Waals surface area contributed by atoms with Crippen LogP contribution in [-0.2, 0) is 22.6 Å². The highest BCUT2D eigenvalue weighted by molar-refractivity contribution is 7.10. The van der Waals surface area contributed by atoms with Crippen LogP contribution in [0.15, 0.2) is 36.0 Å². The zero-order chi connectivity index (χ0) is 16.4. The molecular weight excluding hydrogens is 320 g/mol. The fourth-order valence-electron chi connectivity index (χ4n) is 3.80. The molecule has 4 nitrogen and oxygen atoms in total. The van der Waals surface area contributed by atoms with E-state index in [1.165, 1.54) is 16.0 Å². The van der Waals surface area contributed by atoms with Gasteiger partial charge in [0.1, 0.15) is 0 Å². The van der Waals surface area contributed by atoms with Gasteiger partial charge in [-0.3, -0.25) is 9.88 Å². The molecule has 0 bridgehead atoms. The summed E-state index contributed by atoms with van der Waals surface area (Å²) in [7, 11) is 0. The first kappa shape index (κ1) is 16.2. The molecule has 1 saturated heterocycles. The van der Waals surface area contributed by atoms with Gasteiger partial charge < -0.3 is 9.47 Å². The lowest BCUT2D eigenvalue weighted by Crippen LogP contribution is -2.51. The number of hydrogen-bond acceptors (Lipinski definition) is 5. The van der Waals surface area contributed by atoms with Crippen LogP contribution in [0.2, 0.25) is 0 Å². The molecule has 1 aliphatic heterocycles. The minimum absolute atomic E-state index is 0.204. The van der Waals surface area contributed by atoms with Gasteiger partial charge >= 0.3 is 0 Å². The molecule has 2 aromatic rings. The van der Waals surface area contributed by atoms with E-state index in [-0.39, 0.29) is 12.2 Å². The van der Waals surface area contributed by atoms with Gasteiger partial charge in [-0.1, -0.05) is 0 Å².